The largest absolute Gasteiger partial charge is 0.353 e. The van der Waals surface area contributed by atoms with Gasteiger partial charge < -0.3 is 16.0 Å². The number of hydrogen-bond donors (Lipinski definition) is 3. The molecule has 1 aromatic carbocycles. The molecule has 1 aliphatic carbocycles. The number of rotatable bonds is 5. The molecule has 0 saturated heterocycles. The van der Waals surface area contributed by atoms with Gasteiger partial charge in [0, 0.05) is 31.7 Å². The molecule has 0 spiro atoms. The Morgan fingerprint density at radius 3 is 2.76 bits per heavy atom. The fourth-order valence-electron chi connectivity index (χ4n) is 2.16. The highest BCUT2D eigenvalue weighted by molar-refractivity contribution is 5.94. The van der Waals surface area contributed by atoms with E-state index in [-0.39, 0.29) is 5.91 Å². The van der Waals surface area contributed by atoms with Gasteiger partial charge in [0.1, 0.15) is 0 Å². The van der Waals surface area contributed by atoms with Gasteiger partial charge in [-0.1, -0.05) is 19.1 Å². The fourth-order valence-corrected chi connectivity index (χ4v) is 2.16. The molecule has 0 heterocycles. The number of benzene rings is 1. The van der Waals surface area contributed by atoms with E-state index >= 15 is 0 Å². The fraction of sp³-hybridized carbons (Fsp3) is 0.500. The summed E-state index contributed by atoms with van der Waals surface area (Å²) in [5.41, 5.74) is 1.75. The van der Waals surface area contributed by atoms with Gasteiger partial charge in [0.2, 0.25) is 0 Å². The van der Waals surface area contributed by atoms with Gasteiger partial charge in [-0.25, -0.2) is 0 Å². The van der Waals surface area contributed by atoms with E-state index in [4.69, 9.17) is 0 Å². The summed E-state index contributed by atoms with van der Waals surface area (Å²) < 4.78 is 0. The normalized spacial score (nSPS) is 20.8. The Labute approximate surface area is 126 Å². The molecule has 0 bridgehead atoms. The van der Waals surface area contributed by atoms with Crippen molar-refractivity contribution in [3.8, 4) is 0 Å². The van der Waals surface area contributed by atoms with Crippen molar-refractivity contribution in [1.29, 1.82) is 0 Å². The van der Waals surface area contributed by atoms with E-state index in [2.05, 4.69) is 27.9 Å². The minimum Gasteiger partial charge on any atom is -0.353 e. The summed E-state index contributed by atoms with van der Waals surface area (Å²) in [4.78, 5) is 16.0. The molecule has 0 radical (unpaired) electrons. The van der Waals surface area contributed by atoms with Crippen molar-refractivity contribution in [1.82, 2.24) is 16.0 Å². The lowest BCUT2D eigenvalue weighted by Gasteiger charge is -2.12. The molecule has 5 heteroatoms. The SMILES string of the molecule is CCNC(=O)c1cccc(CNC(=NC)NC2CC2C)c1. The standard InChI is InChI=1S/C16H24N4O/c1-4-18-15(21)13-7-5-6-12(9-13)10-19-16(17-3)20-14-8-11(14)2/h5-7,9,11,14H,4,8,10H2,1-3H3,(H,18,21)(H2,17,19,20). The van der Waals surface area contributed by atoms with Gasteiger partial charge in [-0.3, -0.25) is 9.79 Å². The maximum absolute atomic E-state index is 11.8. The molecule has 1 saturated carbocycles. The quantitative estimate of drug-likeness (QED) is 0.568. The first-order chi connectivity index (χ1) is 10.1. The lowest BCUT2D eigenvalue weighted by Crippen LogP contribution is -2.38. The van der Waals surface area contributed by atoms with Crippen LogP contribution in [0, 0.1) is 5.92 Å². The van der Waals surface area contributed by atoms with E-state index in [0.717, 1.165) is 17.4 Å². The molecule has 2 rings (SSSR count). The monoisotopic (exact) mass is 288 g/mol. The lowest BCUT2D eigenvalue weighted by molar-refractivity contribution is 0.0955. The predicted molar refractivity (Wildman–Crippen MR) is 85.4 cm³/mol. The number of amides is 1. The Bertz CT molecular complexity index is 527. The summed E-state index contributed by atoms with van der Waals surface area (Å²) in [6.45, 7) is 5.42. The summed E-state index contributed by atoms with van der Waals surface area (Å²) in [7, 11) is 1.77. The van der Waals surface area contributed by atoms with E-state index in [1.807, 2.05) is 31.2 Å². The summed E-state index contributed by atoms with van der Waals surface area (Å²) in [6.07, 6.45) is 1.20. The van der Waals surface area contributed by atoms with Crippen molar-refractivity contribution < 1.29 is 4.79 Å². The topological polar surface area (TPSA) is 65.5 Å². The second kappa shape index (κ2) is 7.11. The zero-order valence-electron chi connectivity index (χ0n) is 12.9. The van der Waals surface area contributed by atoms with Gasteiger partial charge >= 0.3 is 0 Å². The Balaban J connectivity index is 1.90. The van der Waals surface area contributed by atoms with E-state index in [9.17, 15) is 4.79 Å². The first-order valence-corrected chi connectivity index (χ1v) is 7.48. The molecule has 2 atom stereocenters. The van der Waals surface area contributed by atoms with Crippen molar-refractivity contribution in [2.24, 2.45) is 10.9 Å². The molecule has 5 nitrogen and oxygen atoms in total. The van der Waals surface area contributed by atoms with Crippen molar-refractivity contribution >= 4 is 11.9 Å². The first kappa shape index (κ1) is 15.4. The summed E-state index contributed by atoms with van der Waals surface area (Å²) in [6, 6.07) is 8.18. The summed E-state index contributed by atoms with van der Waals surface area (Å²) in [5.74, 6) is 1.51. The highest BCUT2D eigenvalue weighted by Crippen LogP contribution is 2.28. The summed E-state index contributed by atoms with van der Waals surface area (Å²) >= 11 is 0. The number of carbonyl (C=O) groups is 1. The third kappa shape index (κ3) is 4.48. The van der Waals surface area contributed by atoms with Gasteiger partial charge in [0.05, 0.1) is 0 Å². The third-order valence-electron chi connectivity index (χ3n) is 3.64. The number of hydrogen-bond acceptors (Lipinski definition) is 2. The minimum atomic E-state index is -0.0336. The van der Waals surface area contributed by atoms with Crippen molar-refractivity contribution in [2.45, 2.75) is 32.9 Å². The van der Waals surface area contributed by atoms with Gasteiger partial charge in [-0.2, -0.15) is 0 Å². The molecule has 3 N–H and O–H groups in total. The molecule has 1 aromatic rings. The van der Waals surface area contributed by atoms with Gasteiger partial charge in [0.25, 0.3) is 5.91 Å². The highest BCUT2D eigenvalue weighted by Gasteiger charge is 2.33. The Kier molecular flexibility index (Phi) is 5.20. The molecule has 1 amide bonds. The van der Waals surface area contributed by atoms with Crippen molar-refractivity contribution in [3.05, 3.63) is 35.4 Å². The van der Waals surface area contributed by atoms with Crippen LogP contribution in [0.25, 0.3) is 0 Å². The van der Waals surface area contributed by atoms with E-state index < -0.39 is 0 Å². The Morgan fingerprint density at radius 2 is 2.14 bits per heavy atom. The average molecular weight is 288 g/mol. The van der Waals surface area contributed by atoms with Crippen LogP contribution in [0.15, 0.2) is 29.3 Å². The smallest absolute Gasteiger partial charge is 0.251 e. The van der Waals surface area contributed by atoms with Crippen LogP contribution in [0.3, 0.4) is 0 Å². The van der Waals surface area contributed by atoms with Crippen LogP contribution in [0.5, 0.6) is 0 Å². The number of guanidine groups is 1. The molecule has 1 fully saturated rings. The molecule has 0 aromatic heterocycles. The van der Waals surface area contributed by atoms with Crippen LogP contribution >= 0.6 is 0 Å². The molecule has 21 heavy (non-hydrogen) atoms. The van der Waals surface area contributed by atoms with Crippen molar-refractivity contribution in [2.75, 3.05) is 13.6 Å². The first-order valence-electron chi connectivity index (χ1n) is 7.48. The molecule has 114 valence electrons. The van der Waals surface area contributed by atoms with Crippen LogP contribution in [0.4, 0.5) is 0 Å². The van der Waals surface area contributed by atoms with Crippen LogP contribution in [-0.2, 0) is 6.54 Å². The second-order valence-corrected chi connectivity index (χ2v) is 5.45. The zero-order valence-corrected chi connectivity index (χ0v) is 12.9. The molecule has 2 unspecified atom stereocenters. The number of nitrogens with zero attached hydrogens (tertiary/aromatic N) is 1. The van der Waals surface area contributed by atoms with Gasteiger partial charge in [0.15, 0.2) is 5.96 Å². The lowest BCUT2D eigenvalue weighted by atomic mass is 10.1. The van der Waals surface area contributed by atoms with E-state index in [0.29, 0.717) is 24.7 Å². The predicted octanol–water partition coefficient (Wildman–Crippen LogP) is 1.51. The molecule has 0 aliphatic heterocycles. The van der Waals surface area contributed by atoms with Gasteiger partial charge in [-0.15, -0.1) is 0 Å². The maximum Gasteiger partial charge on any atom is 0.251 e. The van der Waals surface area contributed by atoms with Crippen LogP contribution in [0.2, 0.25) is 0 Å². The van der Waals surface area contributed by atoms with Gasteiger partial charge in [-0.05, 0) is 37.0 Å². The number of aliphatic imine (C=N–C) groups is 1. The summed E-state index contributed by atoms with van der Waals surface area (Å²) in [5, 5.41) is 9.47. The van der Waals surface area contributed by atoms with Crippen LogP contribution < -0.4 is 16.0 Å². The highest BCUT2D eigenvalue weighted by atomic mass is 16.1. The second-order valence-electron chi connectivity index (χ2n) is 5.45. The van der Waals surface area contributed by atoms with Crippen LogP contribution in [0.1, 0.15) is 36.2 Å². The van der Waals surface area contributed by atoms with Crippen molar-refractivity contribution in [3.63, 3.8) is 0 Å². The molecular formula is C16H24N4O. The van der Waals surface area contributed by atoms with E-state index in [1.54, 1.807) is 7.05 Å². The van der Waals surface area contributed by atoms with E-state index in [1.165, 1.54) is 6.42 Å². The zero-order chi connectivity index (χ0) is 15.2. The molecule has 1 aliphatic rings. The third-order valence-corrected chi connectivity index (χ3v) is 3.64. The number of carbonyl (C=O) groups excluding carboxylic acids is 1. The maximum atomic E-state index is 11.8. The van der Waals surface area contributed by atoms with Crippen LogP contribution in [-0.4, -0.2) is 31.5 Å². The minimum absolute atomic E-state index is 0.0336. The Morgan fingerprint density at radius 1 is 1.38 bits per heavy atom. The molecular weight excluding hydrogens is 264 g/mol. The Hall–Kier alpha value is -2.04. The average Bonchev–Trinajstić information content (AvgIpc) is 3.19. The number of nitrogens with one attached hydrogen (secondary N) is 3.